The summed E-state index contributed by atoms with van der Waals surface area (Å²) in [6, 6.07) is 1.80. The fraction of sp³-hybridized carbons (Fsp3) is 0.667. The Hall–Kier alpha value is -1.36. The number of nitrogens with one attached hydrogen (secondary N) is 1. The topological polar surface area (TPSA) is 56.3 Å². The van der Waals surface area contributed by atoms with Gasteiger partial charge in [-0.1, -0.05) is 0 Å². The highest BCUT2D eigenvalue weighted by atomic mass is 16.5. The number of aromatic nitrogens is 2. The molecule has 0 radical (unpaired) electrons. The molecule has 0 spiro atoms. The van der Waals surface area contributed by atoms with E-state index in [1.54, 1.807) is 6.07 Å². The molecule has 1 rings (SSSR count). The van der Waals surface area contributed by atoms with Gasteiger partial charge in [-0.2, -0.15) is 4.98 Å². The number of rotatable bonds is 7. The second kappa shape index (κ2) is 7.06. The van der Waals surface area contributed by atoms with Crippen molar-refractivity contribution in [2.45, 2.75) is 33.8 Å². The summed E-state index contributed by atoms with van der Waals surface area (Å²) in [4.78, 5) is 8.45. The summed E-state index contributed by atoms with van der Waals surface area (Å²) in [5, 5.41) is 3.18. The normalized spacial score (nSPS) is 10.6. The van der Waals surface area contributed by atoms with Crippen LogP contribution in [0.2, 0.25) is 0 Å². The van der Waals surface area contributed by atoms with E-state index >= 15 is 0 Å². The molecule has 0 atom stereocenters. The van der Waals surface area contributed by atoms with Gasteiger partial charge in [-0.25, -0.2) is 4.98 Å². The molecule has 5 heteroatoms. The molecular weight excluding hydrogens is 218 g/mol. The fourth-order valence-corrected chi connectivity index (χ4v) is 1.33. The van der Waals surface area contributed by atoms with E-state index in [0.717, 1.165) is 12.4 Å². The molecule has 0 unspecified atom stereocenters. The van der Waals surface area contributed by atoms with E-state index in [9.17, 15) is 0 Å². The summed E-state index contributed by atoms with van der Waals surface area (Å²) in [5.74, 6) is 2.07. The Kier molecular flexibility index (Phi) is 5.69. The zero-order valence-electron chi connectivity index (χ0n) is 11.0. The molecule has 5 nitrogen and oxygen atoms in total. The van der Waals surface area contributed by atoms with Gasteiger partial charge in [-0.3, -0.25) is 0 Å². The summed E-state index contributed by atoms with van der Waals surface area (Å²) < 4.78 is 10.8. The second-order valence-corrected chi connectivity index (χ2v) is 3.92. The highest BCUT2D eigenvalue weighted by molar-refractivity contribution is 5.38. The molecule has 1 aromatic rings. The Morgan fingerprint density at radius 3 is 2.76 bits per heavy atom. The average Bonchev–Trinajstić information content (AvgIpc) is 2.24. The molecule has 1 heterocycles. The molecule has 0 saturated carbocycles. The van der Waals surface area contributed by atoms with E-state index in [-0.39, 0.29) is 6.10 Å². The first-order chi connectivity index (χ1) is 8.11. The lowest BCUT2D eigenvalue weighted by molar-refractivity contribution is 0.0870. The summed E-state index contributed by atoms with van der Waals surface area (Å²) in [7, 11) is 0. The number of hydrogen-bond donors (Lipinski definition) is 1. The largest absolute Gasteiger partial charge is 0.478 e. The Bertz CT molecular complexity index is 343. The van der Waals surface area contributed by atoms with Gasteiger partial charge in [0.25, 0.3) is 0 Å². The van der Waals surface area contributed by atoms with Gasteiger partial charge in [0.1, 0.15) is 11.6 Å². The SMILES string of the molecule is CCOc1cc(NCCOC(C)C)nc(C)n1. The van der Waals surface area contributed by atoms with Crippen LogP contribution in [0.15, 0.2) is 6.07 Å². The Morgan fingerprint density at radius 1 is 1.35 bits per heavy atom. The Labute approximate surface area is 103 Å². The standard InChI is InChI=1S/C12H21N3O2/c1-5-16-12-8-11(14-10(4)15-12)13-6-7-17-9(2)3/h8-9H,5-7H2,1-4H3,(H,13,14,15). The number of aryl methyl sites for hydroxylation is 1. The minimum absolute atomic E-state index is 0.253. The lowest BCUT2D eigenvalue weighted by Gasteiger charge is -2.10. The van der Waals surface area contributed by atoms with Gasteiger partial charge in [-0.15, -0.1) is 0 Å². The molecule has 0 bridgehead atoms. The number of hydrogen-bond acceptors (Lipinski definition) is 5. The van der Waals surface area contributed by atoms with E-state index in [4.69, 9.17) is 9.47 Å². The predicted octanol–water partition coefficient (Wildman–Crippen LogP) is 2.02. The van der Waals surface area contributed by atoms with Gasteiger partial charge < -0.3 is 14.8 Å². The molecule has 96 valence electrons. The van der Waals surface area contributed by atoms with Crippen LogP contribution < -0.4 is 10.1 Å². The van der Waals surface area contributed by atoms with Crippen molar-refractivity contribution in [3.05, 3.63) is 11.9 Å². The van der Waals surface area contributed by atoms with Crippen LogP contribution in [0.25, 0.3) is 0 Å². The summed E-state index contributed by atoms with van der Waals surface area (Å²) in [6.07, 6.45) is 0.253. The third kappa shape index (κ3) is 5.49. The molecule has 1 N–H and O–H groups in total. The number of anilines is 1. The van der Waals surface area contributed by atoms with Gasteiger partial charge in [0, 0.05) is 12.6 Å². The number of nitrogens with zero attached hydrogens (tertiary/aromatic N) is 2. The van der Waals surface area contributed by atoms with Crippen molar-refractivity contribution < 1.29 is 9.47 Å². The Balaban J connectivity index is 2.46. The molecular formula is C12H21N3O2. The van der Waals surface area contributed by atoms with E-state index in [2.05, 4.69) is 15.3 Å². The maximum Gasteiger partial charge on any atom is 0.218 e. The molecule has 0 aliphatic carbocycles. The minimum Gasteiger partial charge on any atom is -0.478 e. The molecule has 17 heavy (non-hydrogen) atoms. The van der Waals surface area contributed by atoms with E-state index < -0.39 is 0 Å². The minimum atomic E-state index is 0.253. The highest BCUT2D eigenvalue weighted by Gasteiger charge is 2.02. The average molecular weight is 239 g/mol. The second-order valence-electron chi connectivity index (χ2n) is 3.92. The monoisotopic (exact) mass is 239 g/mol. The van der Waals surface area contributed by atoms with Crippen LogP contribution in [0.1, 0.15) is 26.6 Å². The Morgan fingerprint density at radius 2 is 2.12 bits per heavy atom. The summed E-state index contributed by atoms with van der Waals surface area (Å²) >= 11 is 0. The third-order valence-electron chi connectivity index (χ3n) is 1.97. The summed E-state index contributed by atoms with van der Waals surface area (Å²) in [5.41, 5.74) is 0. The molecule has 0 aliphatic rings. The van der Waals surface area contributed by atoms with E-state index in [0.29, 0.717) is 24.9 Å². The van der Waals surface area contributed by atoms with Gasteiger partial charge in [-0.05, 0) is 27.7 Å². The van der Waals surface area contributed by atoms with Gasteiger partial charge in [0.05, 0.1) is 19.3 Å². The smallest absolute Gasteiger partial charge is 0.218 e. The first kappa shape index (κ1) is 13.7. The van der Waals surface area contributed by atoms with Crippen LogP contribution in [0.5, 0.6) is 5.88 Å². The summed E-state index contributed by atoms with van der Waals surface area (Å²) in [6.45, 7) is 9.79. The van der Waals surface area contributed by atoms with Crippen molar-refractivity contribution >= 4 is 5.82 Å². The van der Waals surface area contributed by atoms with Crippen molar-refractivity contribution in [3.8, 4) is 5.88 Å². The lowest BCUT2D eigenvalue weighted by atomic mass is 10.5. The molecule has 0 aliphatic heterocycles. The van der Waals surface area contributed by atoms with Crippen LogP contribution in [-0.2, 0) is 4.74 Å². The maximum absolute atomic E-state index is 5.43. The fourth-order valence-electron chi connectivity index (χ4n) is 1.33. The predicted molar refractivity (Wildman–Crippen MR) is 67.5 cm³/mol. The van der Waals surface area contributed by atoms with Crippen LogP contribution in [-0.4, -0.2) is 35.8 Å². The zero-order valence-corrected chi connectivity index (χ0v) is 11.0. The van der Waals surface area contributed by atoms with Gasteiger partial charge in [0.2, 0.25) is 5.88 Å². The van der Waals surface area contributed by atoms with Crippen molar-refractivity contribution in [1.82, 2.24) is 9.97 Å². The quantitative estimate of drug-likeness (QED) is 0.738. The first-order valence-electron chi connectivity index (χ1n) is 5.95. The van der Waals surface area contributed by atoms with Crippen LogP contribution >= 0.6 is 0 Å². The highest BCUT2D eigenvalue weighted by Crippen LogP contribution is 2.12. The van der Waals surface area contributed by atoms with Crippen molar-refractivity contribution in [2.75, 3.05) is 25.1 Å². The van der Waals surface area contributed by atoms with E-state index in [1.807, 2.05) is 27.7 Å². The van der Waals surface area contributed by atoms with Crippen molar-refractivity contribution in [2.24, 2.45) is 0 Å². The molecule has 0 saturated heterocycles. The van der Waals surface area contributed by atoms with Crippen molar-refractivity contribution in [3.63, 3.8) is 0 Å². The van der Waals surface area contributed by atoms with E-state index in [1.165, 1.54) is 0 Å². The van der Waals surface area contributed by atoms with Crippen molar-refractivity contribution in [1.29, 1.82) is 0 Å². The van der Waals surface area contributed by atoms with Gasteiger partial charge in [0.15, 0.2) is 0 Å². The van der Waals surface area contributed by atoms with Crippen LogP contribution in [0.4, 0.5) is 5.82 Å². The molecule has 1 aromatic heterocycles. The molecule has 0 amide bonds. The molecule has 0 aromatic carbocycles. The number of ether oxygens (including phenoxy) is 2. The molecule has 0 fully saturated rings. The first-order valence-corrected chi connectivity index (χ1v) is 5.95. The third-order valence-corrected chi connectivity index (χ3v) is 1.97. The zero-order chi connectivity index (χ0) is 12.7. The maximum atomic E-state index is 5.43. The lowest BCUT2D eigenvalue weighted by Crippen LogP contribution is -2.14. The van der Waals surface area contributed by atoms with Gasteiger partial charge >= 0.3 is 0 Å². The van der Waals surface area contributed by atoms with Crippen LogP contribution in [0, 0.1) is 6.92 Å². The van der Waals surface area contributed by atoms with Crippen LogP contribution in [0.3, 0.4) is 0 Å².